The highest BCUT2D eigenvalue weighted by Gasteiger charge is 2.44. The SMILES string of the molecule is CCCCCCCCCCCCCCCCCCCCCC/C=C/CC/C=C/C(O)C(COC1OC(CO)C(O)C(O)C1O)NC(=O)CCCCCCCCCCCCCCCCCCCCCCCCCCCCCCCCCCCCCC. The lowest BCUT2D eigenvalue weighted by Gasteiger charge is -2.40. The summed E-state index contributed by atoms with van der Waals surface area (Å²) in [5.41, 5.74) is 0. The maximum atomic E-state index is 13.1. The number of unbranched alkanes of at least 4 members (excludes halogenated alkanes) is 56. The Labute approximate surface area is 528 Å². The number of amides is 1. The third-order valence-corrected chi connectivity index (χ3v) is 18.5. The van der Waals surface area contributed by atoms with Crippen molar-refractivity contribution >= 4 is 5.91 Å². The predicted octanol–water partition coefficient (Wildman–Crippen LogP) is 21.2. The van der Waals surface area contributed by atoms with Crippen molar-refractivity contribution in [3.63, 3.8) is 0 Å². The van der Waals surface area contributed by atoms with Crippen LogP contribution >= 0.6 is 0 Å². The standard InChI is InChI=1S/C76H147NO8/c1-3-5-7-9-11-13-15-17-19-21-23-25-27-29-31-32-33-34-35-36-37-38-39-40-42-44-46-48-50-52-54-56-58-60-62-64-66-72(80)77-69(68-84-76-75(83)74(82)73(81)71(67-78)85-76)70(79)65-63-61-59-57-55-53-51-49-47-45-43-41-30-28-26-24-22-20-18-16-14-12-10-8-6-4-2/h55,57,63,65,69-71,73-76,78-79,81-83H,3-54,56,58-62,64,66-68H2,1-2H3,(H,77,80)/b57-55+,65-63+. The molecule has 0 radical (unpaired) electrons. The quantitative estimate of drug-likeness (QED) is 0.0261. The number of carbonyl (C=O) groups is 1. The monoisotopic (exact) mass is 1200 g/mol. The second kappa shape index (κ2) is 65.6. The van der Waals surface area contributed by atoms with E-state index in [1.807, 2.05) is 6.08 Å². The highest BCUT2D eigenvalue weighted by molar-refractivity contribution is 5.76. The Hall–Kier alpha value is -1.33. The van der Waals surface area contributed by atoms with Crippen molar-refractivity contribution in [1.82, 2.24) is 5.32 Å². The zero-order valence-corrected chi connectivity index (χ0v) is 56.7. The molecule has 9 nitrogen and oxygen atoms in total. The van der Waals surface area contributed by atoms with E-state index >= 15 is 0 Å². The Balaban J connectivity index is 2.08. The van der Waals surface area contributed by atoms with Gasteiger partial charge in [-0.3, -0.25) is 4.79 Å². The first kappa shape index (κ1) is 81.7. The fraction of sp³-hybridized carbons (Fsp3) is 0.934. The number of carbonyl (C=O) groups excluding carboxylic acids is 1. The van der Waals surface area contributed by atoms with E-state index in [0.29, 0.717) is 6.42 Å². The molecule has 7 unspecified atom stereocenters. The van der Waals surface area contributed by atoms with Gasteiger partial charge in [-0.1, -0.05) is 385 Å². The number of allylic oxidation sites excluding steroid dienone is 3. The van der Waals surface area contributed by atoms with Gasteiger partial charge in [0.15, 0.2) is 6.29 Å². The molecule has 0 aromatic carbocycles. The maximum Gasteiger partial charge on any atom is 0.220 e. The van der Waals surface area contributed by atoms with Crippen molar-refractivity contribution in [3.05, 3.63) is 24.3 Å². The van der Waals surface area contributed by atoms with Crippen LogP contribution in [0.1, 0.15) is 399 Å². The minimum atomic E-state index is -1.57. The molecule has 0 aromatic heterocycles. The number of aliphatic hydroxyl groups excluding tert-OH is 5. The Bertz CT molecular complexity index is 1390. The van der Waals surface area contributed by atoms with Crippen molar-refractivity contribution in [1.29, 1.82) is 0 Å². The molecule has 7 atom stereocenters. The fourth-order valence-electron chi connectivity index (χ4n) is 12.6. The van der Waals surface area contributed by atoms with E-state index in [9.17, 15) is 30.3 Å². The molecule has 1 aliphatic rings. The fourth-order valence-corrected chi connectivity index (χ4v) is 12.6. The van der Waals surface area contributed by atoms with Gasteiger partial charge < -0.3 is 40.3 Å². The van der Waals surface area contributed by atoms with Crippen molar-refractivity contribution < 1.29 is 39.8 Å². The number of aliphatic hydroxyl groups is 5. The average Bonchev–Trinajstić information content (AvgIpc) is 3.71. The van der Waals surface area contributed by atoms with Crippen LogP contribution < -0.4 is 5.32 Å². The van der Waals surface area contributed by atoms with Gasteiger partial charge in [-0.2, -0.15) is 0 Å². The first-order chi connectivity index (χ1) is 41.8. The summed E-state index contributed by atoms with van der Waals surface area (Å²) in [4.78, 5) is 13.1. The van der Waals surface area contributed by atoms with Crippen LogP contribution in [-0.2, 0) is 14.3 Å². The number of nitrogens with one attached hydrogen (secondary N) is 1. The maximum absolute atomic E-state index is 13.1. The molecule has 1 amide bonds. The Morgan fingerprint density at radius 3 is 0.988 bits per heavy atom. The van der Waals surface area contributed by atoms with Crippen molar-refractivity contribution in [2.45, 2.75) is 442 Å². The molecule has 0 aliphatic carbocycles. The van der Waals surface area contributed by atoms with Crippen LogP contribution in [0, 0.1) is 0 Å². The lowest BCUT2D eigenvalue weighted by Crippen LogP contribution is -2.60. The predicted molar refractivity (Wildman–Crippen MR) is 364 cm³/mol. The Morgan fingerprint density at radius 1 is 0.388 bits per heavy atom. The molecule has 85 heavy (non-hydrogen) atoms. The van der Waals surface area contributed by atoms with Gasteiger partial charge in [0.2, 0.25) is 5.91 Å². The van der Waals surface area contributed by atoms with E-state index in [1.54, 1.807) is 6.08 Å². The molecule has 6 N–H and O–H groups in total. The highest BCUT2D eigenvalue weighted by Crippen LogP contribution is 2.24. The van der Waals surface area contributed by atoms with Gasteiger partial charge in [0.05, 0.1) is 25.4 Å². The summed E-state index contributed by atoms with van der Waals surface area (Å²) in [6.07, 6.45) is 80.4. The zero-order valence-electron chi connectivity index (χ0n) is 56.7. The first-order valence-corrected chi connectivity index (χ1v) is 38.1. The van der Waals surface area contributed by atoms with E-state index < -0.39 is 49.5 Å². The number of hydrogen-bond donors (Lipinski definition) is 6. The zero-order chi connectivity index (χ0) is 61.4. The third kappa shape index (κ3) is 54.2. The van der Waals surface area contributed by atoms with Crippen LogP contribution in [0.5, 0.6) is 0 Å². The number of hydrogen-bond acceptors (Lipinski definition) is 8. The topological polar surface area (TPSA) is 149 Å². The third-order valence-electron chi connectivity index (χ3n) is 18.5. The van der Waals surface area contributed by atoms with Gasteiger partial charge in [0.1, 0.15) is 24.4 Å². The summed E-state index contributed by atoms with van der Waals surface area (Å²) in [7, 11) is 0. The van der Waals surface area contributed by atoms with Crippen LogP contribution in [0.4, 0.5) is 0 Å². The Morgan fingerprint density at radius 2 is 0.671 bits per heavy atom. The van der Waals surface area contributed by atoms with Gasteiger partial charge >= 0.3 is 0 Å². The van der Waals surface area contributed by atoms with Crippen molar-refractivity contribution in [3.8, 4) is 0 Å². The lowest BCUT2D eigenvalue weighted by molar-refractivity contribution is -0.302. The number of rotatable bonds is 68. The smallest absolute Gasteiger partial charge is 0.220 e. The molecule has 1 rings (SSSR count). The normalized spacial score (nSPS) is 18.1. The molecule has 0 bridgehead atoms. The minimum absolute atomic E-state index is 0.177. The van der Waals surface area contributed by atoms with Crippen LogP contribution in [-0.4, -0.2) is 87.5 Å². The molecule has 504 valence electrons. The van der Waals surface area contributed by atoms with Crippen molar-refractivity contribution in [2.24, 2.45) is 0 Å². The second-order valence-corrected chi connectivity index (χ2v) is 26.8. The highest BCUT2D eigenvalue weighted by atomic mass is 16.7. The molecule has 0 aromatic rings. The van der Waals surface area contributed by atoms with E-state index in [0.717, 1.165) is 38.5 Å². The molecule has 1 saturated heterocycles. The van der Waals surface area contributed by atoms with Crippen LogP contribution in [0.2, 0.25) is 0 Å². The molecule has 1 fully saturated rings. The van der Waals surface area contributed by atoms with Gasteiger partial charge in [-0.15, -0.1) is 0 Å². The molecule has 0 spiro atoms. The molecule has 1 heterocycles. The van der Waals surface area contributed by atoms with Gasteiger partial charge in [0, 0.05) is 6.42 Å². The molecule has 1 aliphatic heterocycles. The van der Waals surface area contributed by atoms with Gasteiger partial charge in [-0.05, 0) is 32.1 Å². The summed E-state index contributed by atoms with van der Waals surface area (Å²) in [6, 6.07) is -0.821. The molecular formula is C76H147NO8. The van der Waals surface area contributed by atoms with Crippen LogP contribution in [0.15, 0.2) is 24.3 Å². The summed E-state index contributed by atoms with van der Waals surface area (Å²) in [5.74, 6) is -0.177. The van der Waals surface area contributed by atoms with E-state index in [1.165, 1.54) is 340 Å². The van der Waals surface area contributed by atoms with Crippen molar-refractivity contribution in [2.75, 3.05) is 13.2 Å². The summed E-state index contributed by atoms with van der Waals surface area (Å²) in [5, 5.41) is 54.8. The summed E-state index contributed by atoms with van der Waals surface area (Å²) in [6.45, 7) is 3.83. The van der Waals surface area contributed by atoms with Crippen LogP contribution in [0.25, 0.3) is 0 Å². The summed E-state index contributed by atoms with van der Waals surface area (Å²) >= 11 is 0. The largest absolute Gasteiger partial charge is 0.394 e. The van der Waals surface area contributed by atoms with E-state index in [2.05, 4.69) is 31.3 Å². The molecule has 9 heteroatoms. The van der Waals surface area contributed by atoms with E-state index in [4.69, 9.17) is 9.47 Å². The van der Waals surface area contributed by atoms with Gasteiger partial charge in [0.25, 0.3) is 0 Å². The Kier molecular flexibility index (Phi) is 63.1. The molecule has 0 saturated carbocycles. The lowest BCUT2D eigenvalue weighted by atomic mass is 9.99. The van der Waals surface area contributed by atoms with E-state index in [-0.39, 0.29) is 12.5 Å². The molecular weight excluding hydrogens is 1050 g/mol. The first-order valence-electron chi connectivity index (χ1n) is 38.1. The summed E-state index contributed by atoms with van der Waals surface area (Å²) < 4.78 is 11.3. The van der Waals surface area contributed by atoms with Gasteiger partial charge in [-0.25, -0.2) is 0 Å². The minimum Gasteiger partial charge on any atom is -0.394 e. The van der Waals surface area contributed by atoms with Crippen LogP contribution in [0.3, 0.4) is 0 Å². The second-order valence-electron chi connectivity index (χ2n) is 26.8. The average molecular weight is 1200 g/mol. The number of ether oxygens (including phenoxy) is 2.